The van der Waals surface area contributed by atoms with Crippen molar-refractivity contribution >= 4 is 45.6 Å². The average molecular weight is 418 g/mol. The van der Waals surface area contributed by atoms with Crippen LogP contribution in [-0.2, 0) is 20.7 Å². The highest BCUT2D eigenvalue weighted by atomic mass is 32.1. The summed E-state index contributed by atoms with van der Waals surface area (Å²) in [5.74, 6) is -1.25. The summed E-state index contributed by atoms with van der Waals surface area (Å²) in [6, 6.07) is 4.20. The molecule has 1 aliphatic heterocycles. The number of hydrogen-bond acceptors (Lipinski definition) is 8. The lowest BCUT2D eigenvalue weighted by Crippen LogP contribution is -2.40. The number of non-ortho nitro benzene ring substituents is 1. The highest BCUT2D eigenvalue weighted by molar-refractivity contribution is 7.17. The molecule has 152 valence electrons. The van der Waals surface area contributed by atoms with Crippen molar-refractivity contribution in [1.82, 2.24) is 4.98 Å². The first-order valence-corrected chi connectivity index (χ1v) is 9.64. The molecule has 0 atom stereocenters. The van der Waals surface area contributed by atoms with Crippen LogP contribution in [0.5, 0.6) is 0 Å². The van der Waals surface area contributed by atoms with E-state index in [1.807, 2.05) is 0 Å². The van der Waals surface area contributed by atoms with E-state index in [9.17, 15) is 24.5 Å². The van der Waals surface area contributed by atoms with Crippen molar-refractivity contribution in [3.05, 3.63) is 44.4 Å². The van der Waals surface area contributed by atoms with Crippen LogP contribution in [0, 0.1) is 17.0 Å². The number of aromatic nitrogens is 1. The van der Waals surface area contributed by atoms with Crippen LogP contribution < -0.4 is 10.2 Å². The molecule has 2 aromatic rings. The Bertz CT molecular complexity index is 1000. The van der Waals surface area contributed by atoms with Crippen molar-refractivity contribution < 1.29 is 24.0 Å². The van der Waals surface area contributed by atoms with E-state index in [2.05, 4.69) is 10.3 Å². The topological polar surface area (TPSA) is 132 Å². The summed E-state index contributed by atoms with van der Waals surface area (Å²) in [5.41, 5.74) is 1.49. The van der Waals surface area contributed by atoms with Crippen LogP contribution in [0.4, 0.5) is 16.5 Å². The Morgan fingerprint density at radius 3 is 2.83 bits per heavy atom. The number of nitrogens with one attached hydrogen (secondary N) is 1. The SMILES string of the molecule is CCOC(=O)c1sc(NC(=O)CN2C(=O)CCc3cc([N+](=O)[O-])ccc32)nc1C. The molecule has 1 aromatic heterocycles. The minimum absolute atomic E-state index is 0.0627. The first-order chi connectivity index (χ1) is 13.8. The number of amides is 2. The molecule has 0 radical (unpaired) electrons. The maximum atomic E-state index is 12.5. The molecule has 0 spiro atoms. The number of esters is 1. The van der Waals surface area contributed by atoms with Crippen LogP contribution in [0.2, 0.25) is 0 Å². The lowest BCUT2D eigenvalue weighted by Gasteiger charge is -2.28. The third-order valence-corrected chi connectivity index (χ3v) is 5.33. The summed E-state index contributed by atoms with van der Waals surface area (Å²) in [7, 11) is 0. The predicted molar refractivity (Wildman–Crippen MR) is 105 cm³/mol. The molecule has 0 aliphatic carbocycles. The molecule has 10 nitrogen and oxygen atoms in total. The molecular formula is C18H18N4O6S. The molecule has 29 heavy (non-hydrogen) atoms. The largest absolute Gasteiger partial charge is 0.462 e. The summed E-state index contributed by atoms with van der Waals surface area (Å²) in [6.07, 6.45) is 0.535. The maximum Gasteiger partial charge on any atom is 0.350 e. The minimum Gasteiger partial charge on any atom is -0.462 e. The Morgan fingerprint density at radius 1 is 1.38 bits per heavy atom. The van der Waals surface area contributed by atoms with Crippen LogP contribution in [0.3, 0.4) is 0 Å². The number of anilines is 2. The number of nitro benzene ring substituents is 1. The van der Waals surface area contributed by atoms with Crippen LogP contribution in [-0.4, -0.2) is 40.8 Å². The molecule has 0 saturated carbocycles. The van der Waals surface area contributed by atoms with E-state index in [4.69, 9.17) is 4.74 Å². The highest BCUT2D eigenvalue weighted by Crippen LogP contribution is 2.31. The van der Waals surface area contributed by atoms with Gasteiger partial charge >= 0.3 is 5.97 Å². The molecule has 1 N–H and O–H groups in total. The van der Waals surface area contributed by atoms with Gasteiger partial charge in [-0.05, 0) is 31.9 Å². The Balaban J connectivity index is 1.74. The lowest BCUT2D eigenvalue weighted by molar-refractivity contribution is -0.384. The van der Waals surface area contributed by atoms with Gasteiger partial charge in [-0.1, -0.05) is 11.3 Å². The molecule has 2 heterocycles. The smallest absolute Gasteiger partial charge is 0.350 e. The number of ether oxygens (including phenoxy) is 1. The number of nitrogens with zero attached hydrogens (tertiary/aromatic N) is 3. The quantitative estimate of drug-likeness (QED) is 0.433. The Morgan fingerprint density at radius 2 is 2.14 bits per heavy atom. The number of rotatable bonds is 6. The fourth-order valence-corrected chi connectivity index (χ4v) is 3.85. The van der Waals surface area contributed by atoms with E-state index in [1.165, 1.54) is 23.1 Å². The van der Waals surface area contributed by atoms with Crippen LogP contribution >= 0.6 is 11.3 Å². The molecule has 0 unspecified atom stereocenters. The van der Waals surface area contributed by atoms with Gasteiger partial charge in [0.1, 0.15) is 11.4 Å². The molecule has 2 amide bonds. The molecule has 0 bridgehead atoms. The van der Waals surface area contributed by atoms with E-state index in [1.54, 1.807) is 13.8 Å². The summed E-state index contributed by atoms with van der Waals surface area (Å²) < 4.78 is 4.95. The summed E-state index contributed by atoms with van der Waals surface area (Å²) in [5, 5.41) is 13.8. The second kappa shape index (κ2) is 8.35. The van der Waals surface area contributed by atoms with Crippen LogP contribution in [0.1, 0.15) is 34.3 Å². The van der Waals surface area contributed by atoms with Crippen molar-refractivity contribution in [2.24, 2.45) is 0 Å². The number of carbonyl (C=O) groups is 3. The fourth-order valence-electron chi connectivity index (χ4n) is 2.97. The van der Waals surface area contributed by atoms with E-state index >= 15 is 0 Å². The van der Waals surface area contributed by atoms with Crippen molar-refractivity contribution in [1.29, 1.82) is 0 Å². The minimum atomic E-state index is -0.510. The van der Waals surface area contributed by atoms with Gasteiger partial charge in [0.05, 0.1) is 17.2 Å². The zero-order chi connectivity index (χ0) is 21.1. The number of fused-ring (bicyclic) bond motifs is 1. The van der Waals surface area contributed by atoms with E-state index in [0.717, 1.165) is 11.3 Å². The van der Waals surface area contributed by atoms with Crippen LogP contribution in [0.25, 0.3) is 0 Å². The molecule has 1 aliphatic rings. The second-order valence-corrected chi connectivity index (χ2v) is 7.25. The van der Waals surface area contributed by atoms with E-state index in [-0.39, 0.29) is 36.3 Å². The van der Waals surface area contributed by atoms with Gasteiger partial charge in [0.2, 0.25) is 11.8 Å². The maximum absolute atomic E-state index is 12.5. The third-order valence-electron chi connectivity index (χ3n) is 4.28. The molecule has 11 heteroatoms. The summed E-state index contributed by atoms with van der Waals surface area (Å²) >= 11 is 0.993. The van der Waals surface area contributed by atoms with Gasteiger partial charge < -0.3 is 15.0 Å². The number of thiazole rings is 1. The Kier molecular flexibility index (Phi) is 5.87. The third kappa shape index (κ3) is 4.40. The first kappa shape index (κ1) is 20.4. The Hall–Kier alpha value is -3.34. The number of aryl methyl sites for hydroxylation is 2. The first-order valence-electron chi connectivity index (χ1n) is 8.82. The summed E-state index contributed by atoms with van der Waals surface area (Å²) in [4.78, 5) is 52.9. The van der Waals surface area contributed by atoms with Gasteiger partial charge in [0.25, 0.3) is 5.69 Å². The standard InChI is InChI=1S/C18H18N4O6S/c1-3-28-17(25)16-10(2)19-18(29-16)20-14(23)9-21-13-6-5-12(22(26)27)8-11(13)4-7-15(21)24/h5-6,8H,3-4,7,9H2,1-2H3,(H,19,20,23). The van der Waals surface area contributed by atoms with Crippen LogP contribution in [0.15, 0.2) is 18.2 Å². The van der Waals surface area contributed by atoms with Crippen molar-refractivity contribution in [3.63, 3.8) is 0 Å². The number of carbonyl (C=O) groups excluding carboxylic acids is 3. The summed E-state index contributed by atoms with van der Waals surface area (Å²) in [6.45, 7) is 3.29. The van der Waals surface area contributed by atoms with Gasteiger partial charge in [-0.2, -0.15) is 0 Å². The normalized spacial score (nSPS) is 13.0. The van der Waals surface area contributed by atoms with Gasteiger partial charge in [0, 0.05) is 24.2 Å². The van der Waals surface area contributed by atoms with E-state index in [0.29, 0.717) is 28.2 Å². The van der Waals surface area contributed by atoms with Crippen molar-refractivity contribution in [3.8, 4) is 0 Å². The number of nitro groups is 1. The molecule has 0 saturated heterocycles. The molecular weight excluding hydrogens is 400 g/mol. The molecule has 3 rings (SSSR count). The lowest BCUT2D eigenvalue weighted by atomic mass is 10.0. The van der Waals surface area contributed by atoms with Crippen molar-refractivity contribution in [2.75, 3.05) is 23.4 Å². The zero-order valence-electron chi connectivity index (χ0n) is 15.8. The molecule has 1 aromatic carbocycles. The Labute approximate surface area is 169 Å². The van der Waals surface area contributed by atoms with E-state index < -0.39 is 16.8 Å². The second-order valence-electron chi connectivity index (χ2n) is 6.25. The van der Waals surface area contributed by atoms with Gasteiger partial charge in [-0.25, -0.2) is 9.78 Å². The monoisotopic (exact) mass is 418 g/mol. The highest BCUT2D eigenvalue weighted by Gasteiger charge is 2.28. The van der Waals surface area contributed by atoms with Gasteiger partial charge in [-0.3, -0.25) is 19.7 Å². The number of benzene rings is 1. The predicted octanol–water partition coefficient (Wildman–Crippen LogP) is 2.45. The van der Waals surface area contributed by atoms with Gasteiger partial charge in [0.15, 0.2) is 5.13 Å². The average Bonchev–Trinajstić information content (AvgIpc) is 3.03. The molecule has 0 fully saturated rings. The fraction of sp³-hybridized carbons (Fsp3) is 0.333. The van der Waals surface area contributed by atoms with Gasteiger partial charge in [-0.15, -0.1) is 0 Å². The number of hydrogen-bond donors (Lipinski definition) is 1. The van der Waals surface area contributed by atoms with Crippen molar-refractivity contribution in [2.45, 2.75) is 26.7 Å². The zero-order valence-corrected chi connectivity index (χ0v) is 16.6.